The molecule has 0 fully saturated rings. The molecule has 0 spiro atoms. The minimum absolute atomic E-state index is 0.314. The highest BCUT2D eigenvalue weighted by atomic mass is 79.9. The number of rotatable bonds is 4. The second-order valence-electron chi connectivity index (χ2n) is 3.77. The lowest BCUT2D eigenvalue weighted by Crippen LogP contribution is -2.48. The lowest BCUT2D eigenvalue weighted by atomic mass is 9.93. The standard InChI is InChI=1S/C11H14BrF2N/c1-11(15-2,10(13)14)7-8-3-5-9(12)6-4-8/h3-6,10,15H,7H2,1-2H3. The zero-order valence-electron chi connectivity index (χ0n) is 8.73. The number of hydrogen-bond acceptors (Lipinski definition) is 1. The SMILES string of the molecule is CNC(C)(Cc1ccc(Br)cc1)C(F)F. The van der Waals surface area contributed by atoms with E-state index in [1.165, 1.54) is 6.92 Å². The highest BCUT2D eigenvalue weighted by molar-refractivity contribution is 9.10. The van der Waals surface area contributed by atoms with Crippen molar-refractivity contribution in [1.29, 1.82) is 0 Å². The first-order valence-corrected chi connectivity index (χ1v) is 5.49. The molecule has 0 amide bonds. The number of alkyl halides is 2. The van der Waals surface area contributed by atoms with Gasteiger partial charge in [-0.3, -0.25) is 0 Å². The van der Waals surface area contributed by atoms with Gasteiger partial charge in [0.1, 0.15) is 0 Å². The third-order valence-electron chi connectivity index (χ3n) is 2.54. The summed E-state index contributed by atoms with van der Waals surface area (Å²) in [6, 6.07) is 7.41. The maximum absolute atomic E-state index is 12.8. The third-order valence-corrected chi connectivity index (χ3v) is 3.07. The molecule has 0 aliphatic heterocycles. The maximum atomic E-state index is 12.8. The molecule has 1 N–H and O–H groups in total. The van der Waals surface area contributed by atoms with Gasteiger partial charge < -0.3 is 5.32 Å². The van der Waals surface area contributed by atoms with Crippen LogP contribution in [0.1, 0.15) is 12.5 Å². The summed E-state index contributed by atoms with van der Waals surface area (Å²) in [5.41, 5.74) is -0.260. The molecule has 0 bridgehead atoms. The van der Waals surface area contributed by atoms with Crippen LogP contribution in [0.25, 0.3) is 0 Å². The number of hydrogen-bond donors (Lipinski definition) is 1. The molecule has 84 valence electrons. The molecular weight excluding hydrogens is 264 g/mol. The van der Waals surface area contributed by atoms with E-state index in [9.17, 15) is 8.78 Å². The van der Waals surface area contributed by atoms with E-state index in [4.69, 9.17) is 0 Å². The fourth-order valence-electron chi connectivity index (χ4n) is 1.30. The van der Waals surface area contributed by atoms with Crippen molar-refractivity contribution in [2.75, 3.05) is 7.05 Å². The largest absolute Gasteiger partial charge is 0.309 e. The van der Waals surface area contributed by atoms with Crippen molar-refractivity contribution in [2.45, 2.75) is 25.3 Å². The second kappa shape index (κ2) is 5.03. The zero-order chi connectivity index (χ0) is 11.5. The van der Waals surface area contributed by atoms with Crippen LogP contribution in [-0.2, 0) is 6.42 Å². The normalized spacial score (nSPS) is 15.3. The van der Waals surface area contributed by atoms with Crippen LogP contribution in [0, 0.1) is 0 Å². The van der Waals surface area contributed by atoms with Gasteiger partial charge in [-0.15, -0.1) is 0 Å². The summed E-state index contributed by atoms with van der Waals surface area (Å²) < 4.78 is 26.5. The van der Waals surface area contributed by atoms with Crippen molar-refractivity contribution >= 4 is 15.9 Å². The van der Waals surface area contributed by atoms with E-state index in [1.54, 1.807) is 7.05 Å². The van der Waals surface area contributed by atoms with Gasteiger partial charge in [0.25, 0.3) is 6.43 Å². The molecule has 0 aliphatic rings. The summed E-state index contributed by atoms with van der Waals surface area (Å²) >= 11 is 3.31. The van der Waals surface area contributed by atoms with Gasteiger partial charge in [0, 0.05) is 4.47 Å². The van der Waals surface area contributed by atoms with Crippen LogP contribution in [0.5, 0.6) is 0 Å². The molecule has 1 aromatic carbocycles. The third kappa shape index (κ3) is 3.24. The van der Waals surface area contributed by atoms with Crippen LogP contribution >= 0.6 is 15.9 Å². The van der Waals surface area contributed by atoms with Gasteiger partial charge in [-0.25, -0.2) is 8.78 Å². The van der Waals surface area contributed by atoms with Crippen LogP contribution in [0.2, 0.25) is 0 Å². The number of benzene rings is 1. The number of likely N-dealkylation sites (N-methyl/N-ethyl adjacent to an activating group) is 1. The lowest BCUT2D eigenvalue weighted by Gasteiger charge is -2.28. The van der Waals surface area contributed by atoms with Crippen LogP contribution < -0.4 is 5.32 Å². The first-order chi connectivity index (χ1) is 6.98. The van der Waals surface area contributed by atoms with Crippen molar-refractivity contribution in [2.24, 2.45) is 0 Å². The second-order valence-corrected chi connectivity index (χ2v) is 4.69. The average Bonchev–Trinajstić information content (AvgIpc) is 2.21. The lowest BCUT2D eigenvalue weighted by molar-refractivity contribution is 0.0451. The van der Waals surface area contributed by atoms with Gasteiger partial charge in [0.2, 0.25) is 0 Å². The van der Waals surface area contributed by atoms with Crippen molar-refractivity contribution in [3.05, 3.63) is 34.3 Å². The van der Waals surface area contributed by atoms with E-state index in [0.717, 1.165) is 10.0 Å². The molecule has 0 aromatic heterocycles. The maximum Gasteiger partial charge on any atom is 0.256 e. The van der Waals surface area contributed by atoms with Crippen LogP contribution in [0.15, 0.2) is 28.7 Å². The summed E-state index contributed by atoms with van der Waals surface area (Å²) in [5.74, 6) is 0. The molecule has 0 aliphatic carbocycles. The molecule has 0 radical (unpaired) electrons. The Bertz CT molecular complexity index is 313. The van der Waals surface area contributed by atoms with Gasteiger partial charge in [-0.05, 0) is 38.1 Å². The van der Waals surface area contributed by atoms with E-state index in [0.29, 0.717) is 6.42 Å². The number of nitrogens with one attached hydrogen (secondary N) is 1. The Kier molecular flexibility index (Phi) is 4.22. The first kappa shape index (κ1) is 12.6. The molecule has 1 unspecified atom stereocenters. The Balaban J connectivity index is 2.79. The van der Waals surface area contributed by atoms with Crippen molar-refractivity contribution < 1.29 is 8.78 Å². The molecule has 0 saturated carbocycles. The summed E-state index contributed by atoms with van der Waals surface area (Å²) in [5, 5.41) is 2.68. The van der Waals surface area contributed by atoms with Gasteiger partial charge >= 0.3 is 0 Å². The molecule has 1 rings (SSSR count). The van der Waals surface area contributed by atoms with Crippen molar-refractivity contribution in [3.63, 3.8) is 0 Å². The van der Waals surface area contributed by atoms with E-state index in [1.807, 2.05) is 24.3 Å². The number of halogens is 3. The van der Waals surface area contributed by atoms with Gasteiger partial charge in [0.05, 0.1) is 5.54 Å². The molecule has 4 heteroatoms. The molecule has 1 atom stereocenters. The Hall–Kier alpha value is -0.480. The molecule has 1 aromatic rings. The van der Waals surface area contributed by atoms with Crippen LogP contribution in [-0.4, -0.2) is 19.0 Å². The Morgan fingerprint density at radius 2 is 1.87 bits per heavy atom. The van der Waals surface area contributed by atoms with E-state index >= 15 is 0 Å². The summed E-state index contributed by atoms with van der Waals surface area (Å²) in [6.07, 6.45) is -2.07. The Morgan fingerprint density at radius 1 is 1.33 bits per heavy atom. The quantitative estimate of drug-likeness (QED) is 0.891. The Morgan fingerprint density at radius 3 is 2.27 bits per heavy atom. The van der Waals surface area contributed by atoms with E-state index in [-0.39, 0.29) is 0 Å². The Labute approximate surface area is 97.0 Å². The smallest absolute Gasteiger partial charge is 0.256 e. The van der Waals surface area contributed by atoms with Gasteiger partial charge in [0.15, 0.2) is 0 Å². The zero-order valence-corrected chi connectivity index (χ0v) is 10.3. The van der Waals surface area contributed by atoms with Gasteiger partial charge in [-0.1, -0.05) is 28.1 Å². The molecular formula is C11H14BrF2N. The molecule has 1 nitrogen and oxygen atoms in total. The minimum Gasteiger partial charge on any atom is -0.309 e. The fraction of sp³-hybridized carbons (Fsp3) is 0.455. The molecule has 0 heterocycles. The molecule has 15 heavy (non-hydrogen) atoms. The topological polar surface area (TPSA) is 12.0 Å². The average molecular weight is 278 g/mol. The van der Waals surface area contributed by atoms with E-state index < -0.39 is 12.0 Å². The van der Waals surface area contributed by atoms with Crippen molar-refractivity contribution in [1.82, 2.24) is 5.32 Å². The summed E-state index contributed by atoms with van der Waals surface area (Å²) in [7, 11) is 1.56. The highest BCUT2D eigenvalue weighted by Gasteiger charge is 2.33. The van der Waals surface area contributed by atoms with E-state index in [2.05, 4.69) is 21.2 Å². The minimum atomic E-state index is -2.38. The van der Waals surface area contributed by atoms with Crippen LogP contribution in [0.4, 0.5) is 8.78 Å². The first-order valence-electron chi connectivity index (χ1n) is 4.69. The van der Waals surface area contributed by atoms with Crippen molar-refractivity contribution in [3.8, 4) is 0 Å². The predicted molar refractivity (Wildman–Crippen MR) is 61.3 cm³/mol. The molecule has 0 saturated heterocycles. The summed E-state index contributed by atoms with van der Waals surface area (Å²) in [6.45, 7) is 1.53. The monoisotopic (exact) mass is 277 g/mol. The fourth-order valence-corrected chi connectivity index (χ4v) is 1.57. The van der Waals surface area contributed by atoms with Gasteiger partial charge in [-0.2, -0.15) is 0 Å². The highest BCUT2D eigenvalue weighted by Crippen LogP contribution is 2.21. The van der Waals surface area contributed by atoms with Crippen LogP contribution in [0.3, 0.4) is 0 Å². The summed E-state index contributed by atoms with van der Waals surface area (Å²) in [4.78, 5) is 0. The predicted octanol–water partition coefficient (Wildman–Crippen LogP) is 3.23.